The molecule has 1 aliphatic rings. The van der Waals surface area contributed by atoms with Gasteiger partial charge >= 0.3 is 0 Å². The van der Waals surface area contributed by atoms with E-state index < -0.39 is 0 Å². The molecule has 3 rings (SSSR count). The topological polar surface area (TPSA) is 75.6 Å². The Morgan fingerprint density at radius 3 is 2.30 bits per heavy atom. The van der Waals surface area contributed by atoms with Crippen LogP contribution in [0.25, 0.3) is 0 Å². The second-order valence-corrected chi connectivity index (χ2v) is 6.80. The summed E-state index contributed by atoms with van der Waals surface area (Å²) in [6, 6.07) is 3.64. The van der Waals surface area contributed by atoms with E-state index in [1.165, 1.54) is 18.6 Å². The van der Waals surface area contributed by atoms with E-state index >= 15 is 0 Å². The summed E-state index contributed by atoms with van der Waals surface area (Å²) in [5.41, 5.74) is 2.14. The van der Waals surface area contributed by atoms with Gasteiger partial charge in [-0.05, 0) is 37.1 Å². The van der Waals surface area contributed by atoms with E-state index in [2.05, 4.69) is 9.97 Å². The highest BCUT2D eigenvalue weighted by molar-refractivity contribution is 6.32. The quantitative estimate of drug-likeness (QED) is 0.801. The summed E-state index contributed by atoms with van der Waals surface area (Å²) in [6.07, 6.45) is 4.46. The smallest absolute Gasteiger partial charge is 0.274 e. The van der Waals surface area contributed by atoms with Gasteiger partial charge in [-0.2, -0.15) is 0 Å². The van der Waals surface area contributed by atoms with Crippen molar-refractivity contribution in [1.29, 1.82) is 0 Å². The summed E-state index contributed by atoms with van der Waals surface area (Å²) in [5.74, 6) is 0.352. The number of aromatic nitrogens is 2. The highest BCUT2D eigenvalue weighted by atomic mass is 35.5. The third-order valence-electron chi connectivity index (χ3n) is 4.47. The molecule has 1 aliphatic heterocycles. The Morgan fingerprint density at radius 2 is 1.70 bits per heavy atom. The standard InChI is InChI=1S/C19H21ClN4O3/c1-13-9-15(10-14(2)18(13)20)27-12-17(25)23-5-7-24(8-6-23)19(26)16-11-21-3-4-22-16/h3-4,9-11H,5-8,12H2,1-2H3. The van der Waals surface area contributed by atoms with Crippen LogP contribution in [-0.4, -0.2) is 64.4 Å². The average Bonchev–Trinajstić information content (AvgIpc) is 2.70. The molecule has 1 aromatic heterocycles. The van der Waals surface area contributed by atoms with Crippen LogP contribution in [0.4, 0.5) is 0 Å². The van der Waals surface area contributed by atoms with Crippen molar-refractivity contribution in [1.82, 2.24) is 19.8 Å². The Bertz CT molecular complexity index is 813. The van der Waals surface area contributed by atoms with Gasteiger partial charge in [0, 0.05) is 43.6 Å². The lowest BCUT2D eigenvalue weighted by molar-refractivity contribution is -0.134. The lowest BCUT2D eigenvalue weighted by Crippen LogP contribution is -2.51. The van der Waals surface area contributed by atoms with Crippen molar-refractivity contribution in [3.63, 3.8) is 0 Å². The maximum Gasteiger partial charge on any atom is 0.274 e. The summed E-state index contributed by atoms with van der Waals surface area (Å²) in [7, 11) is 0. The maximum atomic E-state index is 12.4. The molecule has 1 saturated heterocycles. The van der Waals surface area contributed by atoms with Crippen LogP contribution in [0.3, 0.4) is 0 Å². The van der Waals surface area contributed by atoms with E-state index in [-0.39, 0.29) is 18.4 Å². The highest BCUT2D eigenvalue weighted by Gasteiger charge is 2.25. The second kappa shape index (κ2) is 8.35. The molecule has 0 atom stereocenters. The molecule has 0 saturated carbocycles. The molecule has 0 aliphatic carbocycles. The van der Waals surface area contributed by atoms with E-state index in [9.17, 15) is 9.59 Å². The number of aryl methyl sites for hydroxylation is 2. The van der Waals surface area contributed by atoms with Crippen molar-refractivity contribution < 1.29 is 14.3 Å². The Balaban J connectivity index is 1.51. The number of benzene rings is 1. The number of hydrogen-bond acceptors (Lipinski definition) is 5. The molecular weight excluding hydrogens is 368 g/mol. The van der Waals surface area contributed by atoms with Crippen LogP contribution in [0.5, 0.6) is 5.75 Å². The van der Waals surface area contributed by atoms with Gasteiger partial charge in [0.05, 0.1) is 6.20 Å². The van der Waals surface area contributed by atoms with Crippen LogP contribution in [0.2, 0.25) is 5.02 Å². The monoisotopic (exact) mass is 388 g/mol. The SMILES string of the molecule is Cc1cc(OCC(=O)N2CCN(C(=O)c3cnccn3)CC2)cc(C)c1Cl. The molecular formula is C19H21ClN4O3. The zero-order chi connectivity index (χ0) is 19.4. The van der Waals surface area contributed by atoms with Gasteiger partial charge < -0.3 is 14.5 Å². The zero-order valence-electron chi connectivity index (χ0n) is 15.3. The molecule has 2 aromatic rings. The largest absolute Gasteiger partial charge is 0.484 e. The minimum atomic E-state index is -0.168. The first-order valence-corrected chi connectivity index (χ1v) is 9.06. The predicted octanol–water partition coefficient (Wildman–Crippen LogP) is 2.11. The number of carbonyl (C=O) groups is 2. The van der Waals surface area contributed by atoms with Crippen LogP contribution in [0.1, 0.15) is 21.6 Å². The van der Waals surface area contributed by atoms with Gasteiger partial charge in [-0.15, -0.1) is 0 Å². The molecule has 1 fully saturated rings. The molecule has 2 amide bonds. The number of halogens is 1. The maximum absolute atomic E-state index is 12.4. The summed E-state index contributed by atoms with van der Waals surface area (Å²) < 4.78 is 5.63. The molecule has 0 bridgehead atoms. The van der Waals surface area contributed by atoms with Crippen molar-refractivity contribution in [2.45, 2.75) is 13.8 Å². The van der Waals surface area contributed by atoms with E-state index in [1.54, 1.807) is 9.80 Å². The van der Waals surface area contributed by atoms with Gasteiger partial charge in [0.1, 0.15) is 11.4 Å². The van der Waals surface area contributed by atoms with Gasteiger partial charge in [0.25, 0.3) is 11.8 Å². The minimum absolute atomic E-state index is 0.0430. The van der Waals surface area contributed by atoms with E-state index in [1.807, 2.05) is 26.0 Å². The Hall–Kier alpha value is -2.67. The van der Waals surface area contributed by atoms with Gasteiger partial charge in [-0.3, -0.25) is 14.6 Å². The molecule has 2 heterocycles. The van der Waals surface area contributed by atoms with Crippen LogP contribution < -0.4 is 4.74 Å². The van der Waals surface area contributed by atoms with Crippen molar-refractivity contribution in [3.05, 3.63) is 52.6 Å². The molecule has 0 radical (unpaired) electrons. The molecule has 0 spiro atoms. The zero-order valence-corrected chi connectivity index (χ0v) is 16.1. The Labute approximate surface area is 162 Å². The van der Waals surface area contributed by atoms with Crippen molar-refractivity contribution in [2.24, 2.45) is 0 Å². The van der Waals surface area contributed by atoms with Crippen LogP contribution in [0, 0.1) is 13.8 Å². The number of nitrogens with zero attached hydrogens (tertiary/aromatic N) is 4. The number of hydrogen-bond donors (Lipinski definition) is 0. The number of amides is 2. The fourth-order valence-corrected chi connectivity index (χ4v) is 3.07. The number of ether oxygens (including phenoxy) is 1. The fourth-order valence-electron chi connectivity index (χ4n) is 2.96. The first-order chi connectivity index (χ1) is 13.0. The van der Waals surface area contributed by atoms with Crippen molar-refractivity contribution in [3.8, 4) is 5.75 Å². The Kier molecular flexibility index (Phi) is 5.91. The highest BCUT2D eigenvalue weighted by Crippen LogP contribution is 2.25. The molecule has 7 nitrogen and oxygen atoms in total. The predicted molar refractivity (Wildman–Crippen MR) is 101 cm³/mol. The summed E-state index contributed by atoms with van der Waals surface area (Å²) in [5, 5.41) is 0.706. The van der Waals surface area contributed by atoms with E-state index in [4.69, 9.17) is 16.3 Å². The first-order valence-electron chi connectivity index (χ1n) is 8.68. The third-order valence-corrected chi connectivity index (χ3v) is 5.07. The van der Waals surface area contributed by atoms with Gasteiger partial charge in [-0.1, -0.05) is 11.6 Å². The van der Waals surface area contributed by atoms with Gasteiger partial charge in [0.2, 0.25) is 0 Å². The minimum Gasteiger partial charge on any atom is -0.484 e. The third kappa shape index (κ3) is 4.54. The van der Waals surface area contributed by atoms with Gasteiger partial charge in [0.15, 0.2) is 6.61 Å². The van der Waals surface area contributed by atoms with E-state index in [0.717, 1.165) is 11.1 Å². The lowest BCUT2D eigenvalue weighted by atomic mass is 10.1. The first kappa shape index (κ1) is 19.1. The molecule has 1 aromatic carbocycles. The molecule has 0 N–H and O–H groups in total. The number of rotatable bonds is 4. The van der Waals surface area contributed by atoms with Crippen molar-refractivity contribution in [2.75, 3.05) is 32.8 Å². The average molecular weight is 389 g/mol. The number of carbonyl (C=O) groups excluding carboxylic acids is 2. The van der Waals surface area contributed by atoms with E-state index in [0.29, 0.717) is 42.6 Å². The molecule has 142 valence electrons. The van der Waals surface area contributed by atoms with Crippen LogP contribution in [0.15, 0.2) is 30.7 Å². The molecule has 0 unspecified atom stereocenters. The molecule has 27 heavy (non-hydrogen) atoms. The summed E-state index contributed by atoms with van der Waals surface area (Å²) in [6.45, 7) is 5.60. The van der Waals surface area contributed by atoms with Gasteiger partial charge in [-0.25, -0.2) is 4.98 Å². The van der Waals surface area contributed by atoms with Crippen LogP contribution in [-0.2, 0) is 4.79 Å². The van der Waals surface area contributed by atoms with Crippen molar-refractivity contribution >= 4 is 23.4 Å². The fraction of sp³-hybridized carbons (Fsp3) is 0.368. The second-order valence-electron chi connectivity index (χ2n) is 6.42. The lowest BCUT2D eigenvalue weighted by Gasteiger charge is -2.34. The summed E-state index contributed by atoms with van der Waals surface area (Å²) >= 11 is 6.15. The molecule has 8 heteroatoms. The van der Waals surface area contributed by atoms with Crippen LogP contribution >= 0.6 is 11.6 Å². The normalized spacial score (nSPS) is 14.2. The Morgan fingerprint density at radius 1 is 1.07 bits per heavy atom. The number of piperazine rings is 1. The summed E-state index contributed by atoms with van der Waals surface area (Å²) in [4.78, 5) is 36.1.